The molecule has 0 saturated carbocycles. The summed E-state index contributed by atoms with van der Waals surface area (Å²) in [5.74, 6) is 0.642. The van der Waals surface area contributed by atoms with Crippen LogP contribution in [0.25, 0.3) is 28.5 Å². The Labute approximate surface area is 174 Å². The van der Waals surface area contributed by atoms with Crippen molar-refractivity contribution < 1.29 is 9.60 Å². The Kier molecular flexibility index (Phi) is 5.72. The van der Waals surface area contributed by atoms with Crippen LogP contribution in [-0.4, -0.2) is 14.8 Å². The molecule has 4 aromatic rings. The highest BCUT2D eigenvalue weighted by Gasteiger charge is 2.13. The lowest BCUT2D eigenvalue weighted by atomic mass is 10.1. The lowest BCUT2D eigenvalue weighted by Gasteiger charge is -2.10. The van der Waals surface area contributed by atoms with Gasteiger partial charge in [-0.25, -0.2) is 9.37 Å². The predicted octanol–water partition coefficient (Wildman–Crippen LogP) is 5.59. The highest BCUT2D eigenvalue weighted by Crippen LogP contribution is 2.26. The summed E-state index contributed by atoms with van der Waals surface area (Å²) >= 11 is 0. The van der Waals surface area contributed by atoms with Gasteiger partial charge < -0.3 is 4.57 Å². The van der Waals surface area contributed by atoms with E-state index in [1.165, 1.54) is 6.07 Å². The Balaban J connectivity index is 1.71. The van der Waals surface area contributed by atoms with E-state index in [-0.39, 0.29) is 5.82 Å². The van der Waals surface area contributed by atoms with Crippen LogP contribution >= 0.6 is 0 Å². The molecule has 0 aliphatic heterocycles. The van der Waals surface area contributed by atoms with Crippen LogP contribution in [0.3, 0.4) is 0 Å². The molecule has 150 valence electrons. The number of aryl methyl sites for hydroxylation is 2. The van der Waals surface area contributed by atoms with E-state index in [0.29, 0.717) is 18.7 Å². The fourth-order valence-electron chi connectivity index (χ4n) is 3.47. The number of nitrogens with zero attached hydrogens (tertiary/aromatic N) is 2. The number of rotatable bonds is 7. The molecule has 0 atom stereocenters. The number of para-hydroxylation sites is 2. The zero-order valence-corrected chi connectivity index (χ0v) is 16.4. The third-order valence-electron chi connectivity index (χ3n) is 4.93. The monoisotopic (exact) mass is 399 g/mol. The van der Waals surface area contributed by atoms with Gasteiger partial charge in [-0.2, -0.15) is 0 Å². The zero-order valence-electron chi connectivity index (χ0n) is 16.4. The zero-order chi connectivity index (χ0) is 20.9. The molecular weight excluding hydrogens is 377 g/mol. The lowest BCUT2D eigenvalue weighted by molar-refractivity contribution is 0.205. The van der Waals surface area contributed by atoms with Gasteiger partial charge in [0.2, 0.25) is 0 Å². The number of aromatic nitrogens is 2. The molecule has 0 spiro atoms. The second kappa shape index (κ2) is 8.76. The first-order chi connectivity index (χ1) is 14.6. The van der Waals surface area contributed by atoms with Gasteiger partial charge in [0.1, 0.15) is 11.6 Å². The molecule has 1 aromatic heterocycles. The van der Waals surface area contributed by atoms with Crippen molar-refractivity contribution in [2.45, 2.75) is 13.0 Å². The quantitative estimate of drug-likeness (QED) is 0.315. The van der Waals surface area contributed by atoms with Gasteiger partial charge in [0.05, 0.1) is 16.7 Å². The number of hydrogen-bond donors (Lipinski definition) is 2. The number of imidazole rings is 1. The molecule has 4 nitrogen and oxygen atoms in total. The third-order valence-corrected chi connectivity index (χ3v) is 4.93. The predicted molar refractivity (Wildman–Crippen MR) is 118 cm³/mol. The minimum atomic E-state index is -0.221. The van der Waals surface area contributed by atoms with E-state index in [4.69, 9.17) is 10.2 Å². The Bertz CT molecular complexity index is 1230. The first-order valence-corrected chi connectivity index (χ1v) is 9.71. The molecule has 0 aliphatic carbocycles. The van der Waals surface area contributed by atoms with Crippen LogP contribution in [0.4, 0.5) is 4.39 Å². The molecule has 30 heavy (non-hydrogen) atoms. The van der Waals surface area contributed by atoms with E-state index in [1.54, 1.807) is 18.2 Å². The number of hydroxylamine groups is 1. The second-order valence-corrected chi connectivity index (χ2v) is 7.05. The number of benzene rings is 3. The molecule has 0 aliphatic rings. The minimum Gasteiger partial charge on any atom is -0.324 e. The Morgan fingerprint density at radius 2 is 1.90 bits per heavy atom. The molecule has 2 N–H and O–H groups in total. The molecule has 0 saturated heterocycles. The lowest BCUT2D eigenvalue weighted by Crippen LogP contribution is -2.04. The number of allylic oxidation sites excluding steroid dienone is 1. The average Bonchev–Trinajstić information content (AvgIpc) is 3.15. The van der Waals surface area contributed by atoms with Crippen molar-refractivity contribution in [3.8, 4) is 11.4 Å². The van der Waals surface area contributed by atoms with E-state index >= 15 is 0 Å². The summed E-state index contributed by atoms with van der Waals surface area (Å²) in [5, 5.41) is 8.89. The van der Waals surface area contributed by atoms with Gasteiger partial charge in [-0.15, -0.1) is 0 Å². The number of hydrogen-bond acceptors (Lipinski definition) is 3. The van der Waals surface area contributed by atoms with Crippen LogP contribution in [0.1, 0.15) is 11.1 Å². The van der Waals surface area contributed by atoms with E-state index in [2.05, 4.69) is 17.2 Å². The number of fused-ring (bicyclic) bond motifs is 1. The van der Waals surface area contributed by atoms with Gasteiger partial charge in [-0.3, -0.25) is 10.7 Å². The van der Waals surface area contributed by atoms with E-state index in [0.717, 1.165) is 33.5 Å². The topological polar surface area (TPSA) is 50.1 Å². The molecule has 1 heterocycles. The highest BCUT2D eigenvalue weighted by molar-refractivity contribution is 5.81. The van der Waals surface area contributed by atoms with Gasteiger partial charge >= 0.3 is 0 Å². The molecule has 0 radical (unpaired) electrons. The summed E-state index contributed by atoms with van der Waals surface area (Å²) in [5.41, 5.74) is 7.29. The van der Waals surface area contributed by atoms with Crippen molar-refractivity contribution >= 4 is 17.1 Å². The summed E-state index contributed by atoms with van der Waals surface area (Å²) in [4.78, 5) is 4.86. The van der Waals surface area contributed by atoms with Gasteiger partial charge in [0.25, 0.3) is 0 Å². The summed E-state index contributed by atoms with van der Waals surface area (Å²) in [6.07, 6.45) is 4.27. The maximum atomic E-state index is 13.6. The first-order valence-electron chi connectivity index (χ1n) is 9.71. The van der Waals surface area contributed by atoms with Crippen molar-refractivity contribution in [3.63, 3.8) is 0 Å². The van der Waals surface area contributed by atoms with Crippen molar-refractivity contribution in [2.75, 3.05) is 0 Å². The Morgan fingerprint density at radius 3 is 2.73 bits per heavy atom. The summed E-state index contributed by atoms with van der Waals surface area (Å²) in [6, 6.07) is 22.8. The molecule has 0 bridgehead atoms. The van der Waals surface area contributed by atoms with Crippen LogP contribution in [-0.2, 0) is 13.0 Å². The highest BCUT2D eigenvalue weighted by atomic mass is 19.1. The Hall–Kier alpha value is -3.70. The van der Waals surface area contributed by atoms with Crippen molar-refractivity contribution in [2.24, 2.45) is 0 Å². The largest absolute Gasteiger partial charge is 0.324 e. The molecule has 3 aromatic carbocycles. The fraction of sp³-hybridized carbons (Fsp3) is 0.0800. The molecule has 4 rings (SSSR count). The molecule has 5 heteroatoms. The second-order valence-electron chi connectivity index (χ2n) is 7.05. The summed E-state index contributed by atoms with van der Waals surface area (Å²) in [6.45, 7) is 4.37. The normalized spacial score (nSPS) is 11.3. The summed E-state index contributed by atoms with van der Waals surface area (Å²) < 4.78 is 15.8. The number of halogens is 1. The van der Waals surface area contributed by atoms with Gasteiger partial charge in [0, 0.05) is 12.1 Å². The van der Waals surface area contributed by atoms with Gasteiger partial charge in [-0.05, 0) is 54.0 Å². The molecule has 0 fully saturated rings. The van der Waals surface area contributed by atoms with Crippen molar-refractivity contribution in [1.29, 1.82) is 0 Å². The first kappa shape index (κ1) is 19.6. The minimum absolute atomic E-state index is 0.221. The SMILES string of the molecule is C=C(/C=C/c1cccc(-c2nc3ccccc3n2CCc2cccc(F)c2)c1)NO. The van der Waals surface area contributed by atoms with Crippen molar-refractivity contribution in [3.05, 3.63) is 108 Å². The maximum absolute atomic E-state index is 13.6. The van der Waals surface area contributed by atoms with Crippen LogP contribution in [0, 0.1) is 5.82 Å². The average molecular weight is 399 g/mol. The third kappa shape index (κ3) is 4.31. The van der Waals surface area contributed by atoms with Crippen LogP contribution in [0.5, 0.6) is 0 Å². The molecular formula is C25H22FN3O. The standard InChI is InChI=1S/C25H22FN3O/c1-18(28-30)12-13-19-6-4-8-21(16-19)25-27-23-10-2-3-11-24(23)29(25)15-14-20-7-5-9-22(26)17-20/h2-13,16-17,28,30H,1,14-15H2/b13-12+. The molecule has 0 unspecified atom stereocenters. The maximum Gasteiger partial charge on any atom is 0.141 e. The molecule has 0 amide bonds. The fourth-order valence-corrected chi connectivity index (χ4v) is 3.47. The van der Waals surface area contributed by atoms with E-state index in [9.17, 15) is 4.39 Å². The van der Waals surface area contributed by atoms with E-state index < -0.39 is 0 Å². The van der Waals surface area contributed by atoms with Gasteiger partial charge in [0.15, 0.2) is 0 Å². The van der Waals surface area contributed by atoms with Crippen LogP contribution < -0.4 is 5.48 Å². The van der Waals surface area contributed by atoms with E-state index in [1.807, 2.05) is 60.1 Å². The van der Waals surface area contributed by atoms with Crippen LogP contribution in [0.2, 0.25) is 0 Å². The van der Waals surface area contributed by atoms with Gasteiger partial charge in [-0.1, -0.05) is 55.1 Å². The van der Waals surface area contributed by atoms with Crippen molar-refractivity contribution in [1.82, 2.24) is 15.0 Å². The smallest absolute Gasteiger partial charge is 0.141 e. The Morgan fingerprint density at radius 1 is 1.07 bits per heavy atom. The number of nitrogens with one attached hydrogen (secondary N) is 1. The summed E-state index contributed by atoms with van der Waals surface area (Å²) in [7, 11) is 0. The van der Waals surface area contributed by atoms with Crippen LogP contribution in [0.15, 0.2) is 91.1 Å².